The minimum Gasteiger partial charge on any atom is -0.480 e. The molecule has 1 aromatic carbocycles. The van der Waals surface area contributed by atoms with Gasteiger partial charge in [0, 0.05) is 27.3 Å². The van der Waals surface area contributed by atoms with E-state index in [1.54, 1.807) is 39.3 Å². The number of carbonyl (C=O) groups is 2. The highest BCUT2D eigenvalue weighted by atomic mass is 32.2. The summed E-state index contributed by atoms with van der Waals surface area (Å²) < 4.78 is 28.7. The molecule has 0 fully saturated rings. The fourth-order valence-corrected chi connectivity index (χ4v) is 3.50. The maximum atomic E-state index is 12.6. The first-order valence-corrected chi connectivity index (χ1v) is 8.80. The highest BCUT2D eigenvalue weighted by Gasteiger charge is 2.28. The Balaban J connectivity index is 2.37. The molecular weight excluding hydrogens is 346 g/mol. The summed E-state index contributed by atoms with van der Waals surface area (Å²) in [6.07, 6.45) is 1.27. The molecule has 1 amide bonds. The van der Waals surface area contributed by atoms with Crippen LogP contribution in [0.15, 0.2) is 47.5 Å². The summed E-state index contributed by atoms with van der Waals surface area (Å²) in [5.41, 5.74) is 0.482. The van der Waals surface area contributed by atoms with Crippen molar-refractivity contribution < 1.29 is 23.1 Å². The number of sulfonamides is 1. The molecule has 2 rings (SSSR count). The number of aliphatic carboxylic acids is 1. The van der Waals surface area contributed by atoms with Crippen molar-refractivity contribution in [2.75, 3.05) is 14.1 Å². The van der Waals surface area contributed by atoms with Crippen molar-refractivity contribution in [2.24, 2.45) is 7.05 Å². The van der Waals surface area contributed by atoms with Crippen LogP contribution in [-0.2, 0) is 21.9 Å². The minimum absolute atomic E-state index is 0.178. The van der Waals surface area contributed by atoms with Crippen molar-refractivity contribution in [1.82, 2.24) is 14.2 Å². The summed E-state index contributed by atoms with van der Waals surface area (Å²) in [6.45, 7) is 0. The third-order valence-electron chi connectivity index (χ3n) is 3.57. The molecule has 0 saturated carbocycles. The van der Waals surface area contributed by atoms with Gasteiger partial charge in [0.25, 0.3) is 5.91 Å². The molecular formula is C16H19N3O5S. The number of amides is 1. The van der Waals surface area contributed by atoms with Crippen LogP contribution in [0.25, 0.3) is 0 Å². The summed E-state index contributed by atoms with van der Waals surface area (Å²) in [5, 5.41) is 9.36. The van der Waals surface area contributed by atoms with Gasteiger partial charge in [0.05, 0.1) is 0 Å². The van der Waals surface area contributed by atoms with Crippen molar-refractivity contribution >= 4 is 21.9 Å². The van der Waals surface area contributed by atoms with Gasteiger partial charge in [-0.05, 0) is 11.6 Å². The number of rotatable bonds is 6. The second-order valence-electron chi connectivity index (χ2n) is 5.67. The fraction of sp³-hybridized carbons (Fsp3) is 0.250. The standard InChI is InChI=1S/C16H19N3O5S/c1-18(2)15(20)13-9-12(10-19(13)3)25(23,24)17-14(16(21)22)11-7-5-4-6-8-11/h4-10,14,17H,1-3H3,(H,21,22)/t14-/m0/s1. The van der Waals surface area contributed by atoms with Crippen LogP contribution in [0.4, 0.5) is 0 Å². The second-order valence-corrected chi connectivity index (χ2v) is 7.39. The van der Waals surface area contributed by atoms with Crippen molar-refractivity contribution in [3.05, 3.63) is 53.9 Å². The number of carboxylic acid groups (broad SMARTS) is 1. The van der Waals surface area contributed by atoms with E-state index in [-0.39, 0.29) is 16.5 Å². The zero-order valence-corrected chi connectivity index (χ0v) is 14.8. The fourth-order valence-electron chi connectivity index (χ4n) is 2.25. The van der Waals surface area contributed by atoms with Crippen LogP contribution in [0.1, 0.15) is 22.1 Å². The van der Waals surface area contributed by atoms with Gasteiger partial charge in [0.2, 0.25) is 10.0 Å². The Labute approximate surface area is 145 Å². The molecule has 9 heteroatoms. The Bertz CT molecular complexity index is 888. The molecule has 134 valence electrons. The monoisotopic (exact) mass is 365 g/mol. The minimum atomic E-state index is -4.14. The maximum absolute atomic E-state index is 12.6. The van der Waals surface area contributed by atoms with Gasteiger partial charge in [-0.3, -0.25) is 9.59 Å². The Morgan fingerprint density at radius 3 is 2.32 bits per heavy atom. The first-order valence-electron chi connectivity index (χ1n) is 7.31. The molecule has 1 atom stereocenters. The van der Waals surface area contributed by atoms with Crippen LogP contribution < -0.4 is 4.72 Å². The van der Waals surface area contributed by atoms with E-state index >= 15 is 0 Å². The number of aromatic nitrogens is 1. The van der Waals surface area contributed by atoms with Crippen molar-refractivity contribution in [2.45, 2.75) is 10.9 Å². The van der Waals surface area contributed by atoms with Crippen LogP contribution in [0, 0.1) is 0 Å². The molecule has 0 radical (unpaired) electrons. The Hall–Kier alpha value is -2.65. The normalized spacial score (nSPS) is 12.6. The maximum Gasteiger partial charge on any atom is 0.326 e. The quantitative estimate of drug-likeness (QED) is 0.788. The Morgan fingerprint density at radius 2 is 1.80 bits per heavy atom. The van der Waals surface area contributed by atoms with Gasteiger partial charge in [-0.1, -0.05) is 30.3 Å². The number of hydrogen-bond donors (Lipinski definition) is 2. The lowest BCUT2D eigenvalue weighted by molar-refractivity contribution is -0.139. The van der Waals surface area contributed by atoms with Gasteiger partial charge in [-0.15, -0.1) is 0 Å². The lowest BCUT2D eigenvalue weighted by atomic mass is 10.1. The smallest absolute Gasteiger partial charge is 0.326 e. The van der Waals surface area contributed by atoms with Gasteiger partial charge >= 0.3 is 5.97 Å². The van der Waals surface area contributed by atoms with Crippen LogP contribution in [0.3, 0.4) is 0 Å². The van der Waals surface area contributed by atoms with Gasteiger partial charge in [-0.2, -0.15) is 4.72 Å². The molecule has 1 aromatic heterocycles. The van der Waals surface area contributed by atoms with E-state index < -0.39 is 22.0 Å². The van der Waals surface area contributed by atoms with Crippen molar-refractivity contribution in [3.8, 4) is 0 Å². The number of carbonyl (C=O) groups excluding carboxylic acids is 1. The van der Waals surface area contributed by atoms with Gasteiger partial charge in [-0.25, -0.2) is 8.42 Å². The Morgan fingerprint density at radius 1 is 1.20 bits per heavy atom. The zero-order valence-electron chi connectivity index (χ0n) is 14.0. The van der Waals surface area contributed by atoms with E-state index in [2.05, 4.69) is 4.72 Å². The predicted molar refractivity (Wildman–Crippen MR) is 90.6 cm³/mol. The van der Waals surface area contributed by atoms with Crippen LogP contribution in [-0.4, -0.2) is 49.0 Å². The van der Waals surface area contributed by atoms with E-state index in [0.717, 1.165) is 0 Å². The summed E-state index contributed by atoms with van der Waals surface area (Å²) in [4.78, 5) is 24.7. The van der Waals surface area contributed by atoms with Gasteiger partial charge < -0.3 is 14.6 Å². The highest BCUT2D eigenvalue weighted by molar-refractivity contribution is 7.89. The first kappa shape index (κ1) is 18.7. The van der Waals surface area contributed by atoms with E-state index in [4.69, 9.17) is 0 Å². The molecule has 2 N–H and O–H groups in total. The molecule has 8 nitrogen and oxygen atoms in total. The topological polar surface area (TPSA) is 109 Å². The van der Waals surface area contributed by atoms with Gasteiger partial charge in [0.15, 0.2) is 0 Å². The molecule has 2 aromatic rings. The third-order valence-corrected chi connectivity index (χ3v) is 4.96. The Kier molecular flexibility index (Phi) is 5.29. The number of nitrogens with one attached hydrogen (secondary N) is 1. The number of nitrogens with zero attached hydrogens (tertiary/aromatic N) is 2. The summed E-state index contributed by atoms with van der Waals surface area (Å²) >= 11 is 0. The zero-order chi connectivity index (χ0) is 18.8. The largest absolute Gasteiger partial charge is 0.480 e. The van der Waals surface area contributed by atoms with Crippen LogP contribution >= 0.6 is 0 Å². The van der Waals surface area contributed by atoms with E-state index in [1.807, 2.05) is 0 Å². The lowest BCUT2D eigenvalue weighted by Gasteiger charge is -2.14. The number of aryl methyl sites for hydroxylation is 1. The van der Waals surface area contributed by atoms with Crippen LogP contribution in [0.5, 0.6) is 0 Å². The van der Waals surface area contributed by atoms with Gasteiger partial charge in [0.1, 0.15) is 16.6 Å². The highest BCUT2D eigenvalue weighted by Crippen LogP contribution is 2.19. The van der Waals surface area contributed by atoms with E-state index in [0.29, 0.717) is 5.56 Å². The molecule has 0 saturated heterocycles. The van der Waals surface area contributed by atoms with Crippen molar-refractivity contribution in [3.63, 3.8) is 0 Å². The van der Waals surface area contributed by atoms with E-state index in [9.17, 15) is 23.1 Å². The van der Waals surface area contributed by atoms with Crippen LogP contribution in [0.2, 0.25) is 0 Å². The number of carboxylic acids is 1. The SMILES string of the molecule is CN(C)C(=O)c1cc(S(=O)(=O)N[C@H](C(=O)O)c2ccccc2)cn1C. The summed E-state index contributed by atoms with van der Waals surface area (Å²) in [7, 11) is 0.514. The molecule has 0 aliphatic rings. The van der Waals surface area contributed by atoms with Crippen molar-refractivity contribution in [1.29, 1.82) is 0 Å². The number of hydrogen-bond acceptors (Lipinski definition) is 4. The average molecular weight is 365 g/mol. The summed E-state index contributed by atoms with van der Waals surface area (Å²) in [5.74, 6) is -1.68. The third kappa shape index (κ3) is 4.06. The molecule has 0 spiro atoms. The predicted octanol–water partition coefficient (Wildman–Crippen LogP) is 0.831. The first-order chi connectivity index (χ1) is 11.6. The van der Waals surface area contributed by atoms with E-state index in [1.165, 1.54) is 33.9 Å². The molecule has 25 heavy (non-hydrogen) atoms. The lowest BCUT2D eigenvalue weighted by Crippen LogP contribution is -2.33. The molecule has 0 unspecified atom stereocenters. The number of benzene rings is 1. The molecule has 0 aliphatic carbocycles. The second kappa shape index (κ2) is 7.08. The molecule has 0 bridgehead atoms. The average Bonchev–Trinajstić information content (AvgIpc) is 2.95. The summed E-state index contributed by atoms with van der Waals surface area (Å²) in [6, 6.07) is 7.77. The molecule has 0 aliphatic heterocycles. The molecule has 1 heterocycles.